The molecule has 0 saturated carbocycles. The third-order valence-electron chi connectivity index (χ3n) is 6.47. The molecule has 34 heavy (non-hydrogen) atoms. The number of rotatable bonds is 5. The second-order valence-electron chi connectivity index (χ2n) is 9.06. The zero-order valence-electron chi connectivity index (χ0n) is 19.0. The Morgan fingerprint density at radius 1 is 1.15 bits per heavy atom. The third-order valence-corrected chi connectivity index (χ3v) is 8.22. The van der Waals surface area contributed by atoms with Crippen LogP contribution in [-0.2, 0) is 14.6 Å². The number of aryl methyl sites for hydroxylation is 1. The molecule has 1 unspecified atom stereocenters. The summed E-state index contributed by atoms with van der Waals surface area (Å²) in [5.74, 6) is 0.496. The Bertz CT molecular complexity index is 1300. The molecule has 2 aromatic heterocycles. The molecular formula is C23H28N6O4S. The van der Waals surface area contributed by atoms with Gasteiger partial charge < -0.3 is 15.2 Å². The van der Waals surface area contributed by atoms with Crippen LogP contribution < -0.4 is 5.32 Å². The summed E-state index contributed by atoms with van der Waals surface area (Å²) in [6.45, 7) is 4.29. The molecule has 2 saturated heterocycles. The smallest absolute Gasteiger partial charge is 0.270 e. The summed E-state index contributed by atoms with van der Waals surface area (Å²) in [4.78, 5) is 32.6. The van der Waals surface area contributed by atoms with E-state index >= 15 is 0 Å². The molecule has 10 nitrogen and oxygen atoms in total. The van der Waals surface area contributed by atoms with Crippen LogP contribution in [0.2, 0.25) is 0 Å². The topological polar surface area (TPSA) is 120 Å². The number of carbonyl (C=O) groups excluding carboxylic acids is 2. The molecule has 0 radical (unpaired) electrons. The minimum Gasteiger partial charge on any atom is -0.351 e. The quantitative estimate of drug-likeness (QED) is 0.565. The van der Waals surface area contributed by atoms with Crippen LogP contribution in [0.5, 0.6) is 0 Å². The van der Waals surface area contributed by atoms with E-state index in [4.69, 9.17) is 0 Å². The number of hydrogen-bond acceptors (Lipinski definition) is 6. The van der Waals surface area contributed by atoms with Gasteiger partial charge in [0, 0.05) is 43.1 Å². The molecule has 5 rings (SSSR count). The number of benzene rings is 1. The van der Waals surface area contributed by atoms with Gasteiger partial charge in [0.25, 0.3) is 5.91 Å². The van der Waals surface area contributed by atoms with Crippen molar-refractivity contribution in [3.63, 3.8) is 0 Å². The molecule has 2 aliphatic rings. The lowest BCUT2D eigenvalue weighted by atomic mass is 10.2. The van der Waals surface area contributed by atoms with Crippen LogP contribution in [-0.4, -0.2) is 89.0 Å². The largest absolute Gasteiger partial charge is 0.351 e. The van der Waals surface area contributed by atoms with E-state index in [1.54, 1.807) is 15.6 Å². The Morgan fingerprint density at radius 2 is 1.91 bits per heavy atom. The Kier molecular flexibility index (Phi) is 5.90. The molecule has 2 fully saturated rings. The zero-order valence-corrected chi connectivity index (χ0v) is 19.8. The number of aromatic amines is 1. The SMILES string of the molecule is Cc1cc(NC(=O)CN2CCN(C(=O)c3cc4ccccc4[nH]3)CC2)n(C2CCS(=O)(=O)C2)n1. The molecule has 4 heterocycles. The van der Waals surface area contributed by atoms with E-state index in [1.165, 1.54) is 0 Å². The lowest BCUT2D eigenvalue weighted by molar-refractivity contribution is -0.117. The summed E-state index contributed by atoms with van der Waals surface area (Å²) in [5, 5.41) is 8.31. The van der Waals surface area contributed by atoms with E-state index in [0.717, 1.165) is 16.6 Å². The number of fused-ring (bicyclic) bond motifs is 1. The van der Waals surface area contributed by atoms with Gasteiger partial charge in [-0.15, -0.1) is 0 Å². The number of aromatic nitrogens is 3. The summed E-state index contributed by atoms with van der Waals surface area (Å²) in [7, 11) is -3.06. The number of piperazine rings is 1. The van der Waals surface area contributed by atoms with Crippen LogP contribution in [0, 0.1) is 6.92 Å². The van der Waals surface area contributed by atoms with E-state index in [0.29, 0.717) is 44.1 Å². The number of para-hydroxylation sites is 1. The Morgan fingerprint density at radius 3 is 2.62 bits per heavy atom. The summed E-state index contributed by atoms with van der Waals surface area (Å²) in [6, 6.07) is 11.2. The van der Waals surface area contributed by atoms with Crippen molar-refractivity contribution in [3.8, 4) is 0 Å². The monoisotopic (exact) mass is 484 g/mol. The van der Waals surface area contributed by atoms with Crippen molar-refractivity contribution in [1.29, 1.82) is 0 Å². The van der Waals surface area contributed by atoms with Crippen molar-refractivity contribution in [1.82, 2.24) is 24.6 Å². The maximum atomic E-state index is 12.9. The molecule has 0 spiro atoms. The van der Waals surface area contributed by atoms with Gasteiger partial charge in [-0.3, -0.25) is 14.5 Å². The second-order valence-corrected chi connectivity index (χ2v) is 11.3. The van der Waals surface area contributed by atoms with Crippen LogP contribution in [0.4, 0.5) is 5.82 Å². The number of anilines is 1. The highest BCUT2D eigenvalue weighted by Crippen LogP contribution is 2.27. The maximum absolute atomic E-state index is 12.9. The number of H-pyrrole nitrogens is 1. The number of hydrogen-bond donors (Lipinski definition) is 2. The number of sulfone groups is 1. The molecular weight excluding hydrogens is 456 g/mol. The van der Waals surface area contributed by atoms with Gasteiger partial charge in [0.2, 0.25) is 5.91 Å². The minimum absolute atomic E-state index is 0.0359. The summed E-state index contributed by atoms with van der Waals surface area (Å²) in [5.41, 5.74) is 2.24. The molecule has 2 aliphatic heterocycles. The van der Waals surface area contributed by atoms with Crippen molar-refractivity contribution in [3.05, 3.63) is 47.8 Å². The first-order chi connectivity index (χ1) is 16.3. The molecule has 1 atom stereocenters. The lowest BCUT2D eigenvalue weighted by Crippen LogP contribution is -2.50. The van der Waals surface area contributed by atoms with Crippen LogP contribution in [0.25, 0.3) is 10.9 Å². The van der Waals surface area contributed by atoms with Gasteiger partial charge in [-0.1, -0.05) is 18.2 Å². The predicted molar refractivity (Wildman–Crippen MR) is 129 cm³/mol. The van der Waals surface area contributed by atoms with Crippen LogP contribution >= 0.6 is 0 Å². The Hall–Kier alpha value is -3.18. The first-order valence-corrected chi connectivity index (χ1v) is 13.3. The predicted octanol–water partition coefficient (Wildman–Crippen LogP) is 1.43. The van der Waals surface area contributed by atoms with E-state index in [-0.39, 0.29) is 35.9 Å². The fourth-order valence-corrected chi connectivity index (χ4v) is 6.40. The normalized spacial score (nSPS) is 20.6. The molecule has 1 aromatic carbocycles. The molecule has 3 aromatic rings. The van der Waals surface area contributed by atoms with Crippen molar-refractivity contribution in [2.24, 2.45) is 0 Å². The number of amides is 2. The van der Waals surface area contributed by atoms with Crippen molar-refractivity contribution in [2.75, 3.05) is 49.5 Å². The second kappa shape index (κ2) is 8.88. The summed E-state index contributed by atoms with van der Waals surface area (Å²) < 4.78 is 25.4. The molecule has 11 heteroatoms. The number of nitrogens with one attached hydrogen (secondary N) is 2. The number of carbonyl (C=O) groups is 2. The first-order valence-electron chi connectivity index (χ1n) is 11.4. The molecule has 0 bridgehead atoms. The average molecular weight is 485 g/mol. The van der Waals surface area contributed by atoms with Gasteiger partial charge >= 0.3 is 0 Å². The lowest BCUT2D eigenvalue weighted by Gasteiger charge is -2.34. The van der Waals surface area contributed by atoms with Gasteiger partial charge in [0.15, 0.2) is 9.84 Å². The highest BCUT2D eigenvalue weighted by atomic mass is 32.2. The van der Waals surface area contributed by atoms with Crippen LogP contribution in [0.1, 0.15) is 28.6 Å². The minimum atomic E-state index is -3.06. The van der Waals surface area contributed by atoms with Crippen molar-refractivity contribution < 1.29 is 18.0 Å². The van der Waals surface area contributed by atoms with E-state index in [9.17, 15) is 18.0 Å². The third kappa shape index (κ3) is 4.71. The zero-order chi connectivity index (χ0) is 23.9. The van der Waals surface area contributed by atoms with Gasteiger partial charge in [0.05, 0.1) is 29.8 Å². The van der Waals surface area contributed by atoms with Crippen molar-refractivity contribution >= 4 is 38.4 Å². The van der Waals surface area contributed by atoms with E-state index < -0.39 is 9.84 Å². The molecule has 2 amide bonds. The molecule has 2 N–H and O–H groups in total. The Balaban J connectivity index is 1.16. The first kappa shape index (κ1) is 22.6. The number of nitrogens with zero attached hydrogens (tertiary/aromatic N) is 4. The van der Waals surface area contributed by atoms with Gasteiger partial charge in [0.1, 0.15) is 11.5 Å². The summed E-state index contributed by atoms with van der Waals surface area (Å²) in [6.07, 6.45) is 0.499. The van der Waals surface area contributed by atoms with Gasteiger partial charge in [-0.25, -0.2) is 13.1 Å². The highest BCUT2D eigenvalue weighted by Gasteiger charge is 2.31. The van der Waals surface area contributed by atoms with Crippen LogP contribution in [0.3, 0.4) is 0 Å². The van der Waals surface area contributed by atoms with Crippen LogP contribution in [0.15, 0.2) is 36.4 Å². The fourth-order valence-electron chi connectivity index (χ4n) is 4.71. The molecule has 0 aliphatic carbocycles. The summed E-state index contributed by atoms with van der Waals surface area (Å²) >= 11 is 0. The molecule has 180 valence electrons. The van der Waals surface area contributed by atoms with E-state index in [2.05, 4.69) is 15.4 Å². The van der Waals surface area contributed by atoms with Gasteiger partial charge in [-0.2, -0.15) is 5.10 Å². The van der Waals surface area contributed by atoms with Gasteiger partial charge in [-0.05, 0) is 25.5 Å². The van der Waals surface area contributed by atoms with Crippen molar-refractivity contribution in [2.45, 2.75) is 19.4 Å². The highest BCUT2D eigenvalue weighted by molar-refractivity contribution is 7.91. The van der Waals surface area contributed by atoms with E-state index in [1.807, 2.05) is 42.2 Å². The maximum Gasteiger partial charge on any atom is 0.270 e. The standard InChI is InChI=1S/C23H28N6O4S/c1-16-12-21(29(26-16)18-6-11-34(32,33)15-18)25-22(30)14-27-7-9-28(10-8-27)23(31)20-13-17-4-2-3-5-19(17)24-20/h2-5,12-13,18,24H,6-11,14-15H2,1H3,(H,25,30). The Labute approximate surface area is 197 Å². The average Bonchev–Trinajstić information content (AvgIpc) is 3.49. The fraction of sp³-hybridized carbons (Fsp3) is 0.435.